The van der Waals surface area contributed by atoms with Gasteiger partial charge in [0.05, 0.1) is 12.5 Å². The van der Waals surface area contributed by atoms with Gasteiger partial charge in [-0.25, -0.2) is 4.39 Å². The van der Waals surface area contributed by atoms with Crippen molar-refractivity contribution in [3.05, 3.63) is 101 Å². The minimum Gasteiger partial charge on any atom is -0.466 e. The maximum Gasteiger partial charge on any atom is 0.313 e. The van der Waals surface area contributed by atoms with Gasteiger partial charge in [-0.05, 0) is 77.1 Å². The average molecular weight is 398 g/mol. The minimum atomic E-state index is -0.461. The zero-order valence-corrected chi connectivity index (χ0v) is 17.1. The van der Waals surface area contributed by atoms with Gasteiger partial charge in [-0.3, -0.25) is 4.79 Å². The summed E-state index contributed by atoms with van der Waals surface area (Å²) < 4.78 is 19.1. The van der Waals surface area contributed by atoms with E-state index in [1.807, 2.05) is 24.3 Å². The van der Waals surface area contributed by atoms with E-state index < -0.39 is 5.92 Å². The van der Waals surface area contributed by atoms with Crippen LogP contribution in [0.4, 0.5) is 4.39 Å². The van der Waals surface area contributed by atoms with Crippen LogP contribution < -0.4 is 0 Å². The second-order valence-electron chi connectivity index (χ2n) is 7.35. The lowest BCUT2D eigenvalue weighted by Gasteiger charge is -2.13. The van der Waals surface area contributed by atoms with Gasteiger partial charge in [-0.15, -0.1) is 0 Å². The Morgan fingerprint density at radius 3 is 2.37 bits per heavy atom. The van der Waals surface area contributed by atoms with E-state index in [-0.39, 0.29) is 11.8 Å². The summed E-state index contributed by atoms with van der Waals surface area (Å²) in [5.41, 5.74) is 6.79. The first-order valence-electron chi connectivity index (χ1n) is 10.1. The molecule has 1 unspecified atom stereocenters. The molecule has 4 rings (SSSR count). The van der Waals surface area contributed by atoms with Crippen molar-refractivity contribution in [3.8, 4) is 11.1 Å². The molecule has 0 amide bonds. The highest BCUT2D eigenvalue weighted by Crippen LogP contribution is 2.41. The summed E-state index contributed by atoms with van der Waals surface area (Å²) in [5.74, 6) is -1.08. The number of rotatable bonds is 5. The minimum absolute atomic E-state index is 0.299. The van der Waals surface area contributed by atoms with Crippen LogP contribution >= 0.6 is 0 Å². The first kappa shape index (κ1) is 19.8. The number of benzene rings is 3. The zero-order chi connectivity index (χ0) is 21.1. The van der Waals surface area contributed by atoms with Gasteiger partial charge in [0.1, 0.15) is 5.82 Å². The Kier molecular flexibility index (Phi) is 5.62. The molecular weight excluding hydrogens is 375 g/mol. The fraction of sp³-hybridized carbons (Fsp3) is 0.148. The number of carbonyl (C=O) groups is 1. The van der Waals surface area contributed by atoms with Gasteiger partial charge in [-0.1, -0.05) is 60.7 Å². The average Bonchev–Trinajstić information content (AvgIpc) is 3.11. The van der Waals surface area contributed by atoms with Crippen LogP contribution in [0.5, 0.6) is 0 Å². The Hall–Kier alpha value is -3.46. The Labute approximate surface area is 176 Å². The first-order valence-corrected chi connectivity index (χ1v) is 10.1. The van der Waals surface area contributed by atoms with Crippen LogP contribution in [0.2, 0.25) is 0 Å². The van der Waals surface area contributed by atoms with E-state index in [1.165, 1.54) is 17.7 Å². The van der Waals surface area contributed by atoms with Crippen molar-refractivity contribution < 1.29 is 13.9 Å². The van der Waals surface area contributed by atoms with Crippen molar-refractivity contribution >= 4 is 23.2 Å². The molecule has 1 atom stereocenters. The lowest BCUT2D eigenvalue weighted by molar-refractivity contribution is -0.145. The summed E-state index contributed by atoms with van der Waals surface area (Å²) in [5, 5.41) is 0. The van der Waals surface area contributed by atoms with Crippen molar-refractivity contribution in [2.45, 2.75) is 13.8 Å². The highest BCUT2D eigenvalue weighted by atomic mass is 19.1. The Balaban J connectivity index is 1.69. The molecule has 0 saturated heterocycles. The fourth-order valence-electron chi connectivity index (χ4n) is 3.78. The maximum atomic E-state index is 13.9. The normalized spacial score (nSPS) is 14.9. The number of hydrogen-bond donors (Lipinski definition) is 0. The Bertz CT molecular complexity index is 1130. The molecule has 0 aromatic heterocycles. The molecule has 150 valence electrons. The highest BCUT2D eigenvalue weighted by Gasteiger charge is 2.27. The molecule has 0 saturated carbocycles. The zero-order valence-electron chi connectivity index (χ0n) is 17.1. The van der Waals surface area contributed by atoms with Crippen molar-refractivity contribution in [2.24, 2.45) is 5.92 Å². The molecule has 1 aliphatic carbocycles. The standard InChI is InChI=1S/C27H23FO2/c1-3-30-27(29)18(2)25-16-22(24-14-13-23(28)17-26(24)25)15-19-9-11-21(12-10-19)20-7-5-4-6-8-20/h4-18H,3H2,1-2H3/b22-15+. The van der Waals surface area contributed by atoms with Gasteiger partial charge >= 0.3 is 5.97 Å². The molecule has 1 aliphatic rings. The van der Waals surface area contributed by atoms with Crippen LogP contribution in [0.1, 0.15) is 30.5 Å². The van der Waals surface area contributed by atoms with Gasteiger partial charge < -0.3 is 4.74 Å². The maximum absolute atomic E-state index is 13.9. The van der Waals surface area contributed by atoms with Crippen molar-refractivity contribution in [2.75, 3.05) is 6.61 Å². The second kappa shape index (κ2) is 8.50. The molecule has 0 bridgehead atoms. The summed E-state index contributed by atoms with van der Waals surface area (Å²) in [4.78, 5) is 12.3. The summed E-state index contributed by atoms with van der Waals surface area (Å²) >= 11 is 0. The third kappa shape index (κ3) is 3.97. The van der Waals surface area contributed by atoms with E-state index in [2.05, 4.69) is 42.5 Å². The van der Waals surface area contributed by atoms with E-state index >= 15 is 0 Å². The van der Waals surface area contributed by atoms with Gasteiger partial charge in [0.15, 0.2) is 0 Å². The van der Waals surface area contributed by atoms with Crippen LogP contribution in [-0.2, 0) is 9.53 Å². The highest BCUT2D eigenvalue weighted by molar-refractivity contribution is 6.05. The first-order chi connectivity index (χ1) is 14.6. The number of halogens is 1. The molecule has 0 aliphatic heterocycles. The fourth-order valence-corrected chi connectivity index (χ4v) is 3.78. The van der Waals surface area contributed by atoms with Gasteiger partial charge in [0.2, 0.25) is 0 Å². The lowest BCUT2D eigenvalue weighted by Crippen LogP contribution is -2.15. The lowest BCUT2D eigenvalue weighted by atomic mass is 9.95. The van der Waals surface area contributed by atoms with Gasteiger partial charge in [0, 0.05) is 0 Å². The number of allylic oxidation sites excluding steroid dienone is 2. The number of esters is 1. The van der Waals surface area contributed by atoms with Crippen LogP contribution in [0.25, 0.3) is 28.3 Å². The number of fused-ring (bicyclic) bond motifs is 1. The monoisotopic (exact) mass is 398 g/mol. The summed E-state index contributed by atoms with van der Waals surface area (Å²) in [6.07, 6.45) is 4.03. The van der Waals surface area contributed by atoms with E-state index in [4.69, 9.17) is 4.74 Å². The molecule has 0 fully saturated rings. The third-order valence-corrected chi connectivity index (χ3v) is 5.36. The molecule has 2 nitrogen and oxygen atoms in total. The molecule has 0 N–H and O–H groups in total. The topological polar surface area (TPSA) is 26.3 Å². The van der Waals surface area contributed by atoms with Crippen LogP contribution in [0.3, 0.4) is 0 Å². The molecule has 0 heterocycles. The van der Waals surface area contributed by atoms with Crippen LogP contribution in [-0.4, -0.2) is 12.6 Å². The second-order valence-corrected chi connectivity index (χ2v) is 7.35. The third-order valence-electron chi connectivity index (χ3n) is 5.36. The van der Waals surface area contributed by atoms with Gasteiger partial charge in [0.25, 0.3) is 0 Å². The van der Waals surface area contributed by atoms with Gasteiger partial charge in [-0.2, -0.15) is 0 Å². The number of hydrogen-bond acceptors (Lipinski definition) is 2. The Morgan fingerprint density at radius 1 is 0.967 bits per heavy atom. The SMILES string of the molecule is CCOC(=O)C(C)C1=C/C(=C\c2ccc(-c3ccccc3)cc2)c2ccc(F)cc21. The van der Waals surface area contributed by atoms with Crippen molar-refractivity contribution in [3.63, 3.8) is 0 Å². The Morgan fingerprint density at radius 2 is 1.67 bits per heavy atom. The smallest absolute Gasteiger partial charge is 0.313 e. The summed E-state index contributed by atoms with van der Waals surface area (Å²) in [6, 6.07) is 23.3. The van der Waals surface area contributed by atoms with E-state index in [9.17, 15) is 9.18 Å². The van der Waals surface area contributed by atoms with E-state index in [1.54, 1.807) is 19.9 Å². The predicted molar refractivity (Wildman–Crippen MR) is 120 cm³/mol. The molecule has 0 radical (unpaired) electrons. The van der Waals surface area contributed by atoms with Crippen LogP contribution in [0, 0.1) is 11.7 Å². The van der Waals surface area contributed by atoms with E-state index in [0.717, 1.165) is 33.4 Å². The molecular formula is C27H23FO2. The quantitative estimate of drug-likeness (QED) is 0.451. The van der Waals surface area contributed by atoms with Crippen molar-refractivity contribution in [1.29, 1.82) is 0 Å². The number of ether oxygens (including phenoxy) is 1. The largest absolute Gasteiger partial charge is 0.466 e. The summed E-state index contributed by atoms with van der Waals surface area (Å²) in [7, 11) is 0. The molecule has 3 aromatic carbocycles. The van der Waals surface area contributed by atoms with Crippen molar-refractivity contribution in [1.82, 2.24) is 0 Å². The van der Waals surface area contributed by atoms with E-state index in [0.29, 0.717) is 6.61 Å². The number of carbonyl (C=O) groups excluding carboxylic acids is 1. The summed E-state index contributed by atoms with van der Waals surface area (Å²) in [6.45, 7) is 3.91. The predicted octanol–water partition coefficient (Wildman–Crippen LogP) is 6.63. The molecule has 30 heavy (non-hydrogen) atoms. The van der Waals surface area contributed by atoms with Crippen LogP contribution in [0.15, 0.2) is 78.9 Å². The molecule has 3 aromatic rings. The molecule has 3 heteroatoms. The molecule has 0 spiro atoms.